The van der Waals surface area contributed by atoms with Gasteiger partial charge in [-0.15, -0.1) is 0 Å². The van der Waals surface area contributed by atoms with Crippen LogP contribution in [0.5, 0.6) is 5.75 Å². The Morgan fingerprint density at radius 3 is 2.36 bits per heavy atom. The minimum Gasteiger partial charge on any atom is -0.497 e. The highest BCUT2D eigenvalue weighted by Crippen LogP contribution is 2.18. The summed E-state index contributed by atoms with van der Waals surface area (Å²) in [5.41, 5.74) is 0.595. The van der Waals surface area contributed by atoms with E-state index in [1.807, 2.05) is 0 Å². The number of halogens is 1. The predicted molar refractivity (Wildman–Crippen MR) is 121 cm³/mol. The Balaban J connectivity index is 1.47. The fourth-order valence-corrected chi connectivity index (χ4v) is 4.89. The summed E-state index contributed by atoms with van der Waals surface area (Å²) in [6.45, 7) is 0.807. The normalized spacial score (nSPS) is 14.8. The van der Waals surface area contributed by atoms with Crippen LogP contribution in [-0.2, 0) is 19.6 Å². The molecule has 0 unspecified atom stereocenters. The van der Waals surface area contributed by atoms with Gasteiger partial charge in [-0.25, -0.2) is 12.8 Å². The molecule has 1 heterocycles. The molecule has 0 atom stereocenters. The Hall–Kier alpha value is -3.02. The number of carbonyl (C=O) groups excluding carboxylic acids is 2. The third-order valence-electron chi connectivity index (χ3n) is 5.21. The second-order valence-electron chi connectivity index (χ2n) is 7.69. The summed E-state index contributed by atoms with van der Waals surface area (Å²) in [6, 6.07) is 11.6. The van der Waals surface area contributed by atoms with Crippen molar-refractivity contribution in [1.82, 2.24) is 14.1 Å². The molecule has 0 radical (unpaired) electrons. The van der Waals surface area contributed by atoms with E-state index in [1.54, 1.807) is 48.2 Å². The molecule has 1 N–H and O–H groups in total. The molecule has 0 aromatic heterocycles. The molecule has 2 aromatic rings. The summed E-state index contributed by atoms with van der Waals surface area (Å²) >= 11 is 0. The molecule has 33 heavy (non-hydrogen) atoms. The number of anilines is 1. The standard InChI is InChI=1S/C22H27FN4O5S/c1-25(15-21(28)24-18-4-3-5-19(14-18)32-2)16-22(29)26-10-12-27(13-11-26)33(30,31)20-8-6-17(23)7-9-20/h3-9,14H,10-13,15-16H2,1-2H3,(H,24,28). The fourth-order valence-electron chi connectivity index (χ4n) is 3.47. The first kappa shape index (κ1) is 24.6. The second kappa shape index (κ2) is 10.7. The zero-order valence-electron chi connectivity index (χ0n) is 18.5. The molecule has 2 amide bonds. The van der Waals surface area contributed by atoms with E-state index in [0.717, 1.165) is 12.1 Å². The highest BCUT2D eigenvalue weighted by molar-refractivity contribution is 7.89. The molecule has 11 heteroatoms. The number of carbonyl (C=O) groups is 2. The van der Waals surface area contributed by atoms with Crippen molar-refractivity contribution in [3.8, 4) is 5.75 Å². The molecule has 1 aliphatic heterocycles. The number of hydrogen-bond acceptors (Lipinski definition) is 6. The van der Waals surface area contributed by atoms with Crippen LogP contribution in [0.2, 0.25) is 0 Å². The van der Waals surface area contributed by atoms with Gasteiger partial charge < -0.3 is 15.0 Å². The maximum Gasteiger partial charge on any atom is 0.243 e. The number of amides is 2. The summed E-state index contributed by atoms with van der Waals surface area (Å²) in [5.74, 6) is -0.346. The number of sulfonamides is 1. The zero-order valence-corrected chi connectivity index (χ0v) is 19.3. The van der Waals surface area contributed by atoms with E-state index in [0.29, 0.717) is 11.4 Å². The molecule has 3 rings (SSSR count). The van der Waals surface area contributed by atoms with E-state index < -0.39 is 15.8 Å². The van der Waals surface area contributed by atoms with Crippen molar-refractivity contribution >= 4 is 27.5 Å². The van der Waals surface area contributed by atoms with Crippen LogP contribution in [0.1, 0.15) is 0 Å². The highest BCUT2D eigenvalue weighted by Gasteiger charge is 2.30. The molecule has 0 spiro atoms. The van der Waals surface area contributed by atoms with Crippen molar-refractivity contribution in [2.45, 2.75) is 4.90 Å². The lowest BCUT2D eigenvalue weighted by Gasteiger charge is -2.34. The van der Waals surface area contributed by atoms with Gasteiger partial charge in [-0.05, 0) is 43.4 Å². The van der Waals surface area contributed by atoms with Gasteiger partial charge in [0.15, 0.2) is 0 Å². The van der Waals surface area contributed by atoms with Crippen LogP contribution in [-0.4, -0.2) is 87.8 Å². The number of methoxy groups -OCH3 is 1. The Morgan fingerprint density at radius 2 is 1.73 bits per heavy atom. The summed E-state index contributed by atoms with van der Waals surface area (Å²) in [7, 11) is -0.540. The highest BCUT2D eigenvalue weighted by atomic mass is 32.2. The van der Waals surface area contributed by atoms with Crippen LogP contribution in [0.15, 0.2) is 53.4 Å². The average Bonchev–Trinajstić information content (AvgIpc) is 2.79. The van der Waals surface area contributed by atoms with E-state index in [1.165, 1.54) is 16.4 Å². The quantitative estimate of drug-likeness (QED) is 0.613. The van der Waals surface area contributed by atoms with Crippen molar-refractivity contribution in [3.05, 3.63) is 54.3 Å². The number of nitrogens with zero attached hydrogens (tertiary/aromatic N) is 3. The molecule has 0 saturated carbocycles. The third kappa shape index (κ3) is 6.50. The van der Waals surface area contributed by atoms with E-state index in [-0.39, 0.29) is 56.0 Å². The fraction of sp³-hybridized carbons (Fsp3) is 0.364. The molecular weight excluding hydrogens is 451 g/mol. The SMILES string of the molecule is COc1cccc(NC(=O)CN(C)CC(=O)N2CCN(S(=O)(=O)c3ccc(F)cc3)CC2)c1. The number of rotatable bonds is 8. The minimum absolute atomic E-state index is 0.0157. The van der Waals surface area contributed by atoms with Gasteiger partial charge in [0.05, 0.1) is 25.1 Å². The van der Waals surface area contributed by atoms with Crippen LogP contribution < -0.4 is 10.1 Å². The number of piperazine rings is 1. The first-order chi connectivity index (χ1) is 15.7. The van der Waals surface area contributed by atoms with E-state index in [2.05, 4.69) is 5.32 Å². The van der Waals surface area contributed by atoms with Crippen molar-refractivity contribution in [1.29, 1.82) is 0 Å². The average molecular weight is 479 g/mol. The summed E-state index contributed by atoms with van der Waals surface area (Å²) in [5, 5.41) is 2.76. The van der Waals surface area contributed by atoms with Gasteiger partial charge in [0.2, 0.25) is 21.8 Å². The summed E-state index contributed by atoms with van der Waals surface area (Å²) in [4.78, 5) is 28.1. The Bertz CT molecular complexity index is 1090. The first-order valence-electron chi connectivity index (χ1n) is 10.3. The molecule has 0 aliphatic carbocycles. The maximum atomic E-state index is 13.1. The lowest BCUT2D eigenvalue weighted by Crippen LogP contribution is -2.52. The van der Waals surface area contributed by atoms with E-state index >= 15 is 0 Å². The van der Waals surface area contributed by atoms with Crippen molar-refractivity contribution in [2.24, 2.45) is 0 Å². The van der Waals surface area contributed by atoms with Crippen LogP contribution in [0, 0.1) is 5.82 Å². The molecule has 2 aromatic carbocycles. The smallest absolute Gasteiger partial charge is 0.243 e. The monoisotopic (exact) mass is 478 g/mol. The third-order valence-corrected chi connectivity index (χ3v) is 7.13. The van der Waals surface area contributed by atoms with Crippen LogP contribution in [0.4, 0.5) is 10.1 Å². The molecule has 0 bridgehead atoms. The van der Waals surface area contributed by atoms with Gasteiger partial charge in [-0.1, -0.05) is 6.07 Å². The predicted octanol–water partition coefficient (Wildman–Crippen LogP) is 1.24. The molecule has 9 nitrogen and oxygen atoms in total. The van der Waals surface area contributed by atoms with Crippen LogP contribution in [0.3, 0.4) is 0 Å². The molecule has 1 aliphatic rings. The lowest BCUT2D eigenvalue weighted by atomic mass is 10.3. The van der Waals surface area contributed by atoms with Gasteiger partial charge in [0.25, 0.3) is 0 Å². The van der Waals surface area contributed by atoms with Gasteiger partial charge in [0.1, 0.15) is 11.6 Å². The Kier molecular flexibility index (Phi) is 8.01. The second-order valence-corrected chi connectivity index (χ2v) is 9.63. The summed E-state index contributed by atoms with van der Waals surface area (Å²) < 4.78 is 44.9. The minimum atomic E-state index is -3.75. The maximum absolute atomic E-state index is 13.1. The molecule has 1 saturated heterocycles. The lowest BCUT2D eigenvalue weighted by molar-refractivity contribution is -0.133. The molecule has 178 valence electrons. The van der Waals surface area contributed by atoms with Crippen molar-refractivity contribution < 1.29 is 27.1 Å². The summed E-state index contributed by atoms with van der Waals surface area (Å²) in [6.07, 6.45) is 0. The number of likely N-dealkylation sites (N-methyl/N-ethyl adjacent to an activating group) is 1. The Morgan fingerprint density at radius 1 is 1.06 bits per heavy atom. The number of nitrogens with one attached hydrogen (secondary N) is 1. The van der Waals surface area contributed by atoms with E-state index in [4.69, 9.17) is 4.74 Å². The van der Waals surface area contributed by atoms with Gasteiger partial charge >= 0.3 is 0 Å². The van der Waals surface area contributed by atoms with Gasteiger partial charge in [0, 0.05) is 37.9 Å². The van der Waals surface area contributed by atoms with Gasteiger partial charge in [-0.3, -0.25) is 14.5 Å². The number of ether oxygens (including phenoxy) is 1. The van der Waals surface area contributed by atoms with E-state index in [9.17, 15) is 22.4 Å². The van der Waals surface area contributed by atoms with Gasteiger partial charge in [-0.2, -0.15) is 4.31 Å². The first-order valence-corrected chi connectivity index (χ1v) is 11.8. The van der Waals surface area contributed by atoms with Crippen molar-refractivity contribution in [3.63, 3.8) is 0 Å². The Labute approximate surface area is 192 Å². The van der Waals surface area contributed by atoms with Crippen molar-refractivity contribution in [2.75, 3.05) is 58.7 Å². The molecular formula is C22H27FN4O5S. The largest absolute Gasteiger partial charge is 0.497 e. The molecule has 1 fully saturated rings. The van der Waals surface area contributed by atoms with Crippen LogP contribution in [0.25, 0.3) is 0 Å². The topological polar surface area (TPSA) is 99.3 Å². The number of hydrogen-bond donors (Lipinski definition) is 1. The zero-order chi connectivity index (χ0) is 24.0. The number of benzene rings is 2. The van der Waals surface area contributed by atoms with Crippen LogP contribution >= 0.6 is 0 Å².